The molecule has 8 heteroatoms. The summed E-state index contributed by atoms with van der Waals surface area (Å²) in [6.45, 7) is 0. The van der Waals surface area contributed by atoms with E-state index in [-0.39, 0.29) is 5.97 Å². The molecule has 56 heavy (non-hydrogen) atoms. The Hall–Kier alpha value is -7.32. The maximum absolute atomic E-state index is 11.9. The van der Waals surface area contributed by atoms with Gasteiger partial charge in [0.05, 0.1) is 29.3 Å². The van der Waals surface area contributed by atoms with Gasteiger partial charge < -0.3 is 15.5 Å². The molecule has 9 aromatic rings. The van der Waals surface area contributed by atoms with Crippen LogP contribution in [0.1, 0.15) is 28.7 Å². The predicted octanol–water partition coefficient (Wildman–Crippen LogP) is 9.84. The fourth-order valence-electron chi connectivity index (χ4n) is 7.87. The molecule has 0 radical (unpaired) electrons. The number of benzene rings is 6. The number of nitrogen functional groups attached to an aromatic ring is 1. The van der Waals surface area contributed by atoms with E-state index in [0.717, 1.165) is 66.4 Å². The molecule has 0 aliphatic carbocycles. The van der Waals surface area contributed by atoms with Gasteiger partial charge >= 0.3 is 5.97 Å². The summed E-state index contributed by atoms with van der Waals surface area (Å²) in [5, 5.41) is 6.53. The van der Waals surface area contributed by atoms with E-state index in [1.807, 2.05) is 54.7 Å². The van der Waals surface area contributed by atoms with E-state index in [9.17, 15) is 4.79 Å². The molecule has 272 valence electrons. The molecular weight excluding hydrogens is 693 g/mol. The Morgan fingerprint density at radius 1 is 0.714 bits per heavy atom. The number of anilines is 1. The lowest BCUT2D eigenvalue weighted by atomic mass is 9.77. The fraction of sp³-hybridized carbons (Fsp3) is 0.0833. The van der Waals surface area contributed by atoms with Gasteiger partial charge in [0.2, 0.25) is 0 Å². The third-order valence-electron chi connectivity index (χ3n) is 10.5. The first-order valence-electron chi connectivity index (χ1n) is 18.6. The summed E-state index contributed by atoms with van der Waals surface area (Å²) >= 11 is 0. The topological polar surface area (TPSA) is 112 Å². The number of hydrogen-bond donors (Lipinski definition) is 2. The van der Waals surface area contributed by atoms with Crippen molar-refractivity contribution < 1.29 is 9.53 Å². The summed E-state index contributed by atoms with van der Waals surface area (Å²) in [5.41, 5.74) is 17.4. The number of esters is 1. The standard InChI is InChI=1S/C48H38N6O2/c1-56-44(55)26-23-32-13-11-14-34(27-32)40-21-12-22-42-45(40)52-47(51-42)46-41-29-33(35-28-39(49)31-50-30-35)24-25-43(41)54(53-46)48(36-15-5-2-6-16-36,37-17-7-3-8-18-37)38-19-9-4-10-20-38/h2-22,24-25,27-31H,23,26,49H2,1H3,(H,51,52). The van der Waals surface area contributed by atoms with Gasteiger partial charge in [-0.1, -0.05) is 133 Å². The highest BCUT2D eigenvalue weighted by Gasteiger charge is 2.41. The molecule has 0 unspecified atom stereocenters. The highest BCUT2D eigenvalue weighted by atomic mass is 16.5. The van der Waals surface area contributed by atoms with Crippen LogP contribution in [0, 0.1) is 0 Å². The van der Waals surface area contributed by atoms with Crippen molar-refractivity contribution in [1.82, 2.24) is 24.7 Å². The Labute approximate surface area is 324 Å². The molecule has 0 saturated heterocycles. The van der Waals surface area contributed by atoms with Crippen molar-refractivity contribution in [3.05, 3.63) is 192 Å². The summed E-state index contributed by atoms with van der Waals surface area (Å²) in [4.78, 5) is 25.3. The number of rotatable bonds is 10. The largest absolute Gasteiger partial charge is 0.469 e. The smallest absolute Gasteiger partial charge is 0.305 e. The van der Waals surface area contributed by atoms with E-state index in [4.69, 9.17) is 20.6 Å². The quantitative estimate of drug-likeness (QED) is 0.107. The number of nitrogens with one attached hydrogen (secondary N) is 1. The SMILES string of the molecule is COC(=O)CCc1cccc(-c2cccc3[nH]c(-c4nn(C(c5ccccc5)(c5ccccc5)c5ccccc5)c5ccc(-c6cncc(N)c6)cc45)nc23)c1. The first kappa shape index (κ1) is 34.4. The summed E-state index contributed by atoms with van der Waals surface area (Å²) in [5.74, 6) is 0.413. The number of aromatic amines is 1. The molecule has 8 nitrogen and oxygen atoms in total. The average molecular weight is 731 g/mol. The zero-order valence-corrected chi connectivity index (χ0v) is 30.8. The van der Waals surface area contributed by atoms with Crippen LogP contribution in [-0.2, 0) is 21.5 Å². The molecule has 0 spiro atoms. The maximum atomic E-state index is 11.9. The van der Waals surface area contributed by atoms with E-state index < -0.39 is 5.54 Å². The number of aryl methyl sites for hydroxylation is 1. The molecule has 0 saturated carbocycles. The number of nitrogens with two attached hydrogens (primary N) is 1. The van der Waals surface area contributed by atoms with E-state index in [1.54, 1.807) is 6.20 Å². The van der Waals surface area contributed by atoms with Crippen LogP contribution < -0.4 is 5.73 Å². The van der Waals surface area contributed by atoms with Gasteiger partial charge in [0.15, 0.2) is 5.82 Å². The number of ether oxygens (including phenoxy) is 1. The van der Waals surface area contributed by atoms with Crippen molar-refractivity contribution in [3.63, 3.8) is 0 Å². The Balaban J connectivity index is 1.31. The Morgan fingerprint density at radius 3 is 2.05 bits per heavy atom. The molecule has 0 aliphatic heterocycles. The lowest BCUT2D eigenvalue weighted by Gasteiger charge is -2.37. The first-order chi connectivity index (χ1) is 27.5. The van der Waals surface area contributed by atoms with Gasteiger partial charge in [-0.05, 0) is 64.1 Å². The van der Waals surface area contributed by atoms with Crippen molar-refractivity contribution in [3.8, 4) is 33.8 Å². The maximum Gasteiger partial charge on any atom is 0.305 e. The molecule has 0 bridgehead atoms. The number of nitrogens with zero attached hydrogens (tertiary/aromatic N) is 4. The van der Waals surface area contributed by atoms with Crippen molar-refractivity contribution in [2.45, 2.75) is 18.4 Å². The van der Waals surface area contributed by atoms with Crippen LogP contribution in [0.25, 0.3) is 55.7 Å². The van der Waals surface area contributed by atoms with Crippen LogP contribution in [0.15, 0.2) is 170 Å². The lowest BCUT2D eigenvalue weighted by molar-refractivity contribution is -0.140. The number of carbonyl (C=O) groups excluding carboxylic acids is 1. The molecule has 3 heterocycles. The molecule has 9 rings (SSSR count). The molecule has 3 aromatic heterocycles. The van der Waals surface area contributed by atoms with Crippen molar-refractivity contribution in [2.75, 3.05) is 12.8 Å². The molecule has 3 N–H and O–H groups in total. The van der Waals surface area contributed by atoms with Crippen LogP contribution in [0.3, 0.4) is 0 Å². The number of aromatic nitrogens is 5. The molecule has 6 aromatic carbocycles. The number of fused-ring (bicyclic) bond motifs is 2. The van der Waals surface area contributed by atoms with E-state index in [2.05, 4.69) is 124 Å². The van der Waals surface area contributed by atoms with Crippen LogP contribution in [0.4, 0.5) is 5.69 Å². The van der Waals surface area contributed by atoms with Crippen LogP contribution in [0.2, 0.25) is 0 Å². The van der Waals surface area contributed by atoms with E-state index in [1.165, 1.54) is 7.11 Å². The van der Waals surface area contributed by atoms with Gasteiger partial charge in [0, 0.05) is 35.3 Å². The fourth-order valence-corrected chi connectivity index (χ4v) is 7.87. The third-order valence-corrected chi connectivity index (χ3v) is 10.5. The summed E-state index contributed by atoms with van der Waals surface area (Å²) in [6.07, 6.45) is 4.38. The van der Waals surface area contributed by atoms with Gasteiger partial charge in [0.25, 0.3) is 0 Å². The Morgan fingerprint density at radius 2 is 1.39 bits per heavy atom. The van der Waals surface area contributed by atoms with Crippen LogP contribution in [0.5, 0.6) is 0 Å². The number of hydrogen-bond acceptors (Lipinski definition) is 6. The molecule has 0 aliphatic rings. The number of carbonyl (C=O) groups is 1. The van der Waals surface area contributed by atoms with Gasteiger partial charge in [-0.2, -0.15) is 5.10 Å². The molecular formula is C48H38N6O2. The summed E-state index contributed by atoms with van der Waals surface area (Å²) in [7, 11) is 1.42. The monoisotopic (exact) mass is 730 g/mol. The Kier molecular flexibility index (Phi) is 8.91. The van der Waals surface area contributed by atoms with E-state index >= 15 is 0 Å². The average Bonchev–Trinajstić information content (AvgIpc) is 3.86. The highest BCUT2D eigenvalue weighted by Crippen LogP contribution is 2.44. The number of para-hydroxylation sites is 1. The minimum atomic E-state index is -0.859. The third kappa shape index (κ3) is 6.07. The van der Waals surface area contributed by atoms with Crippen LogP contribution in [-0.4, -0.2) is 37.8 Å². The van der Waals surface area contributed by atoms with Gasteiger partial charge in [0.1, 0.15) is 11.2 Å². The van der Waals surface area contributed by atoms with Crippen molar-refractivity contribution >= 4 is 33.6 Å². The predicted molar refractivity (Wildman–Crippen MR) is 223 cm³/mol. The second kappa shape index (κ2) is 14.5. The molecule has 0 fully saturated rings. The van der Waals surface area contributed by atoms with Gasteiger partial charge in [-0.25, -0.2) is 9.67 Å². The van der Waals surface area contributed by atoms with Crippen molar-refractivity contribution in [2.24, 2.45) is 0 Å². The summed E-state index contributed by atoms with van der Waals surface area (Å²) in [6, 6.07) is 54.4. The zero-order chi connectivity index (χ0) is 38.1. The van der Waals surface area contributed by atoms with Gasteiger partial charge in [-0.3, -0.25) is 9.78 Å². The number of pyridine rings is 1. The molecule has 0 atom stereocenters. The van der Waals surface area contributed by atoms with E-state index in [0.29, 0.717) is 30.0 Å². The zero-order valence-electron chi connectivity index (χ0n) is 30.8. The number of H-pyrrole nitrogens is 1. The van der Waals surface area contributed by atoms with Gasteiger partial charge in [-0.15, -0.1) is 0 Å². The minimum absolute atomic E-state index is 0.230. The normalized spacial score (nSPS) is 11.6. The number of imidazole rings is 1. The number of methoxy groups -OCH3 is 1. The second-order valence-corrected chi connectivity index (χ2v) is 13.9. The van der Waals surface area contributed by atoms with Crippen molar-refractivity contribution in [1.29, 1.82) is 0 Å². The second-order valence-electron chi connectivity index (χ2n) is 13.9. The summed E-state index contributed by atoms with van der Waals surface area (Å²) < 4.78 is 7.05. The van der Waals surface area contributed by atoms with Crippen LogP contribution >= 0.6 is 0 Å². The Bertz CT molecular complexity index is 2730. The molecule has 0 amide bonds. The highest BCUT2D eigenvalue weighted by molar-refractivity contribution is 5.99. The lowest BCUT2D eigenvalue weighted by Crippen LogP contribution is -2.38. The first-order valence-corrected chi connectivity index (χ1v) is 18.6. The minimum Gasteiger partial charge on any atom is -0.469 e.